The van der Waals surface area contributed by atoms with Gasteiger partial charge in [0.1, 0.15) is 0 Å². The summed E-state index contributed by atoms with van der Waals surface area (Å²) in [7, 11) is 0. The van der Waals surface area contributed by atoms with E-state index >= 15 is 0 Å². The van der Waals surface area contributed by atoms with Crippen LogP contribution in [-0.4, -0.2) is 24.9 Å². The number of furan rings is 1. The van der Waals surface area contributed by atoms with Gasteiger partial charge in [-0.25, -0.2) is 0 Å². The summed E-state index contributed by atoms with van der Waals surface area (Å²) in [4.78, 5) is 22.4. The van der Waals surface area contributed by atoms with Crippen molar-refractivity contribution in [3.05, 3.63) is 24.2 Å². The van der Waals surface area contributed by atoms with E-state index in [1.165, 1.54) is 6.26 Å². The highest BCUT2D eigenvalue weighted by molar-refractivity contribution is 5.91. The monoisotopic (exact) mass is 224 g/mol. The molecule has 1 rings (SSSR count). The first kappa shape index (κ1) is 12.3. The second-order valence-corrected chi connectivity index (χ2v) is 3.33. The molecule has 0 radical (unpaired) electrons. The molecule has 0 fully saturated rings. The largest absolute Gasteiger partial charge is 0.459 e. The molecule has 0 aliphatic heterocycles. The van der Waals surface area contributed by atoms with Crippen LogP contribution in [0.2, 0.25) is 0 Å². The van der Waals surface area contributed by atoms with Crippen LogP contribution in [0, 0.1) is 0 Å². The Morgan fingerprint density at radius 3 is 2.69 bits per heavy atom. The number of carbonyl (C=O) groups excluding carboxylic acids is 2. The van der Waals surface area contributed by atoms with Gasteiger partial charge in [0.2, 0.25) is 5.91 Å². The lowest BCUT2D eigenvalue weighted by atomic mass is 10.3. The Balaban J connectivity index is 2.12. The van der Waals surface area contributed by atoms with Crippen molar-refractivity contribution in [2.75, 3.05) is 13.1 Å². The van der Waals surface area contributed by atoms with E-state index in [0.29, 0.717) is 19.5 Å². The first-order chi connectivity index (χ1) is 7.74. The molecule has 0 unspecified atom stereocenters. The highest BCUT2D eigenvalue weighted by Gasteiger charge is 2.06. The van der Waals surface area contributed by atoms with Gasteiger partial charge in [-0.1, -0.05) is 6.92 Å². The van der Waals surface area contributed by atoms with Crippen LogP contribution in [0.15, 0.2) is 22.8 Å². The van der Waals surface area contributed by atoms with Crippen LogP contribution in [0.4, 0.5) is 0 Å². The van der Waals surface area contributed by atoms with Crippen LogP contribution in [0.3, 0.4) is 0 Å². The van der Waals surface area contributed by atoms with E-state index in [1.807, 2.05) is 6.92 Å². The van der Waals surface area contributed by atoms with Gasteiger partial charge in [0.05, 0.1) is 6.26 Å². The van der Waals surface area contributed by atoms with Gasteiger partial charge in [-0.2, -0.15) is 0 Å². The van der Waals surface area contributed by atoms with E-state index in [1.54, 1.807) is 12.1 Å². The molecular weight excluding hydrogens is 208 g/mol. The Morgan fingerprint density at radius 2 is 2.06 bits per heavy atom. The van der Waals surface area contributed by atoms with E-state index in [4.69, 9.17) is 4.42 Å². The SMILES string of the molecule is CCCC(=O)NCCNC(=O)c1ccco1. The molecular formula is C11H16N2O3. The van der Waals surface area contributed by atoms with Gasteiger partial charge in [-0.15, -0.1) is 0 Å². The maximum Gasteiger partial charge on any atom is 0.287 e. The van der Waals surface area contributed by atoms with Gasteiger partial charge in [0.25, 0.3) is 5.91 Å². The second-order valence-electron chi connectivity index (χ2n) is 3.33. The van der Waals surface area contributed by atoms with Gasteiger partial charge < -0.3 is 15.1 Å². The van der Waals surface area contributed by atoms with Crippen molar-refractivity contribution in [3.63, 3.8) is 0 Å². The number of nitrogens with one attached hydrogen (secondary N) is 2. The lowest BCUT2D eigenvalue weighted by Crippen LogP contribution is -2.34. The minimum absolute atomic E-state index is 0.00903. The van der Waals surface area contributed by atoms with Crippen molar-refractivity contribution < 1.29 is 14.0 Å². The van der Waals surface area contributed by atoms with Crippen molar-refractivity contribution in [1.82, 2.24) is 10.6 Å². The molecule has 5 nitrogen and oxygen atoms in total. The number of amides is 2. The summed E-state index contributed by atoms with van der Waals surface area (Å²) >= 11 is 0. The third kappa shape index (κ3) is 4.16. The van der Waals surface area contributed by atoms with Crippen LogP contribution in [0.25, 0.3) is 0 Å². The molecule has 5 heteroatoms. The molecule has 2 N–H and O–H groups in total. The van der Waals surface area contributed by atoms with Gasteiger partial charge in [0, 0.05) is 19.5 Å². The number of hydrogen-bond donors (Lipinski definition) is 2. The van der Waals surface area contributed by atoms with Gasteiger partial charge in [-0.3, -0.25) is 9.59 Å². The molecule has 0 saturated heterocycles. The molecule has 0 spiro atoms. The fraction of sp³-hybridized carbons (Fsp3) is 0.455. The van der Waals surface area contributed by atoms with Gasteiger partial charge in [0.15, 0.2) is 5.76 Å². The van der Waals surface area contributed by atoms with Gasteiger partial charge >= 0.3 is 0 Å². The van der Waals surface area contributed by atoms with Crippen LogP contribution in [0.5, 0.6) is 0 Å². The van der Waals surface area contributed by atoms with E-state index in [0.717, 1.165) is 6.42 Å². The van der Waals surface area contributed by atoms with Crippen molar-refractivity contribution in [1.29, 1.82) is 0 Å². The summed E-state index contributed by atoms with van der Waals surface area (Å²) in [5, 5.41) is 5.34. The third-order valence-corrected chi connectivity index (χ3v) is 1.95. The van der Waals surface area contributed by atoms with E-state index in [-0.39, 0.29) is 17.6 Å². The smallest absolute Gasteiger partial charge is 0.287 e. The zero-order valence-corrected chi connectivity index (χ0v) is 9.29. The van der Waals surface area contributed by atoms with Crippen molar-refractivity contribution in [3.8, 4) is 0 Å². The number of carbonyl (C=O) groups is 2. The molecule has 0 aliphatic rings. The first-order valence-electron chi connectivity index (χ1n) is 5.32. The summed E-state index contributed by atoms with van der Waals surface area (Å²) in [6.45, 7) is 2.78. The topological polar surface area (TPSA) is 71.3 Å². The lowest BCUT2D eigenvalue weighted by molar-refractivity contribution is -0.121. The zero-order valence-electron chi connectivity index (χ0n) is 9.29. The van der Waals surface area contributed by atoms with E-state index < -0.39 is 0 Å². The fourth-order valence-electron chi connectivity index (χ4n) is 1.19. The average Bonchev–Trinajstić information content (AvgIpc) is 2.78. The van der Waals surface area contributed by atoms with Crippen LogP contribution in [0.1, 0.15) is 30.3 Å². The lowest BCUT2D eigenvalue weighted by Gasteiger charge is -2.05. The Labute approximate surface area is 94.2 Å². The summed E-state index contributed by atoms with van der Waals surface area (Å²) in [5.41, 5.74) is 0. The first-order valence-corrected chi connectivity index (χ1v) is 5.32. The molecule has 0 aliphatic carbocycles. The van der Waals surface area contributed by atoms with Gasteiger partial charge in [-0.05, 0) is 18.6 Å². The maximum absolute atomic E-state index is 11.4. The van der Waals surface area contributed by atoms with Crippen LogP contribution in [-0.2, 0) is 4.79 Å². The minimum Gasteiger partial charge on any atom is -0.459 e. The maximum atomic E-state index is 11.4. The molecule has 0 bridgehead atoms. The molecule has 0 saturated carbocycles. The van der Waals surface area contributed by atoms with Crippen molar-refractivity contribution in [2.45, 2.75) is 19.8 Å². The molecule has 88 valence electrons. The Hall–Kier alpha value is -1.78. The molecule has 0 aromatic carbocycles. The number of hydrogen-bond acceptors (Lipinski definition) is 3. The van der Waals surface area contributed by atoms with E-state index in [9.17, 15) is 9.59 Å². The van der Waals surface area contributed by atoms with Crippen molar-refractivity contribution in [2.24, 2.45) is 0 Å². The third-order valence-electron chi connectivity index (χ3n) is 1.95. The van der Waals surface area contributed by atoms with E-state index in [2.05, 4.69) is 10.6 Å². The summed E-state index contributed by atoms with van der Waals surface area (Å²) < 4.78 is 4.91. The normalized spacial score (nSPS) is 9.81. The molecule has 1 heterocycles. The molecule has 1 aromatic rings. The molecule has 2 amide bonds. The zero-order chi connectivity index (χ0) is 11.8. The van der Waals surface area contributed by atoms with Crippen molar-refractivity contribution >= 4 is 11.8 Å². The molecule has 0 atom stereocenters. The van der Waals surface area contributed by atoms with Crippen LogP contribution < -0.4 is 10.6 Å². The molecule has 1 aromatic heterocycles. The second kappa shape index (κ2) is 6.66. The minimum atomic E-state index is -0.269. The highest BCUT2D eigenvalue weighted by atomic mass is 16.3. The summed E-state index contributed by atoms with van der Waals surface area (Å²) in [5.74, 6) is 0.0179. The number of rotatable bonds is 6. The van der Waals surface area contributed by atoms with Crippen LogP contribution >= 0.6 is 0 Å². The quantitative estimate of drug-likeness (QED) is 0.706. The predicted octanol–water partition coefficient (Wildman–Crippen LogP) is 0.926. The standard InChI is InChI=1S/C11H16N2O3/c1-2-4-10(14)12-6-7-13-11(15)9-5-3-8-16-9/h3,5,8H,2,4,6-7H2,1H3,(H,12,14)(H,13,15). The Morgan fingerprint density at radius 1 is 1.31 bits per heavy atom. The summed E-state index contributed by atoms with van der Waals surface area (Å²) in [6, 6.07) is 3.24. The predicted molar refractivity (Wildman–Crippen MR) is 59.0 cm³/mol. The Bertz CT molecular complexity index is 333. The highest BCUT2D eigenvalue weighted by Crippen LogP contribution is 1.98. The Kier molecular flexibility index (Phi) is 5.11. The summed E-state index contributed by atoms with van der Waals surface area (Å²) in [6.07, 6.45) is 2.79. The fourth-order valence-corrected chi connectivity index (χ4v) is 1.19. The molecule has 16 heavy (non-hydrogen) atoms. The average molecular weight is 224 g/mol.